The molecule has 1 aromatic heterocycles. The first-order valence-corrected chi connectivity index (χ1v) is 8.76. The van der Waals surface area contributed by atoms with Crippen molar-refractivity contribution in [2.24, 2.45) is 5.92 Å². The maximum absolute atomic E-state index is 13.3. The predicted molar refractivity (Wildman–Crippen MR) is 87.9 cm³/mol. The largest absolute Gasteiger partial charge is 0.347 e. The van der Waals surface area contributed by atoms with Crippen molar-refractivity contribution in [1.82, 2.24) is 15.2 Å². The van der Waals surface area contributed by atoms with Gasteiger partial charge in [0, 0.05) is 18.2 Å². The molecule has 1 unspecified atom stereocenters. The van der Waals surface area contributed by atoms with E-state index >= 15 is 0 Å². The van der Waals surface area contributed by atoms with Crippen LogP contribution >= 0.6 is 11.3 Å². The number of halogens is 1. The van der Waals surface area contributed by atoms with E-state index in [0.717, 1.165) is 19.6 Å². The van der Waals surface area contributed by atoms with E-state index in [2.05, 4.69) is 15.2 Å². The standard InChI is InChI=1S/C17H18FN3OS/c18-13-3-1-2-12(8-13)17-19-9-15(23-17)16(22)20-14-10-21-6-4-11(14)5-7-21/h1-3,8-9,11,14H,4-7,10H2,(H,20,22). The predicted octanol–water partition coefficient (Wildman–Crippen LogP) is 2.77. The summed E-state index contributed by atoms with van der Waals surface area (Å²) in [5, 5.41) is 3.83. The molecule has 1 N–H and O–H groups in total. The number of amides is 1. The van der Waals surface area contributed by atoms with Crippen LogP contribution in [-0.4, -0.2) is 41.5 Å². The van der Waals surface area contributed by atoms with Crippen LogP contribution in [0.2, 0.25) is 0 Å². The van der Waals surface area contributed by atoms with Crippen molar-refractivity contribution in [3.05, 3.63) is 41.2 Å². The lowest BCUT2D eigenvalue weighted by atomic mass is 9.84. The van der Waals surface area contributed by atoms with E-state index in [4.69, 9.17) is 0 Å². The van der Waals surface area contributed by atoms with Crippen molar-refractivity contribution in [2.45, 2.75) is 18.9 Å². The van der Waals surface area contributed by atoms with Crippen LogP contribution in [0.1, 0.15) is 22.5 Å². The van der Waals surface area contributed by atoms with Gasteiger partial charge in [-0.1, -0.05) is 12.1 Å². The summed E-state index contributed by atoms with van der Waals surface area (Å²) >= 11 is 1.31. The molecule has 0 saturated carbocycles. The van der Waals surface area contributed by atoms with Crippen LogP contribution in [0.5, 0.6) is 0 Å². The smallest absolute Gasteiger partial charge is 0.263 e. The fourth-order valence-corrected chi connectivity index (χ4v) is 4.32. The summed E-state index contributed by atoms with van der Waals surface area (Å²) < 4.78 is 13.3. The molecule has 120 valence electrons. The first kappa shape index (κ1) is 14.8. The Kier molecular flexibility index (Phi) is 3.87. The van der Waals surface area contributed by atoms with Crippen molar-refractivity contribution >= 4 is 17.2 Å². The molecular weight excluding hydrogens is 313 g/mol. The summed E-state index contributed by atoms with van der Waals surface area (Å²) in [7, 11) is 0. The molecule has 4 heterocycles. The molecule has 23 heavy (non-hydrogen) atoms. The second-order valence-electron chi connectivity index (χ2n) is 6.26. The number of hydrogen-bond acceptors (Lipinski definition) is 4. The third-order valence-corrected chi connectivity index (χ3v) is 5.82. The lowest BCUT2D eigenvalue weighted by Crippen LogP contribution is -2.57. The lowest BCUT2D eigenvalue weighted by molar-refractivity contribution is 0.0622. The molecule has 1 aromatic carbocycles. The Morgan fingerprint density at radius 1 is 1.35 bits per heavy atom. The van der Waals surface area contributed by atoms with E-state index < -0.39 is 0 Å². The molecule has 3 saturated heterocycles. The normalized spacial score (nSPS) is 26.2. The van der Waals surface area contributed by atoms with Crippen molar-refractivity contribution in [2.75, 3.05) is 19.6 Å². The number of hydrogen-bond donors (Lipinski definition) is 1. The van der Waals surface area contributed by atoms with E-state index in [-0.39, 0.29) is 17.8 Å². The third-order valence-electron chi connectivity index (χ3n) is 4.77. The number of rotatable bonds is 3. The molecule has 3 aliphatic rings. The number of thiazole rings is 1. The van der Waals surface area contributed by atoms with Crippen LogP contribution in [0.4, 0.5) is 4.39 Å². The summed E-state index contributed by atoms with van der Waals surface area (Å²) in [6, 6.07) is 6.53. The van der Waals surface area contributed by atoms with Crippen LogP contribution in [0.3, 0.4) is 0 Å². The van der Waals surface area contributed by atoms with Crippen LogP contribution in [-0.2, 0) is 0 Å². The molecule has 5 rings (SSSR count). The number of carbonyl (C=O) groups excluding carboxylic acids is 1. The summed E-state index contributed by atoms with van der Waals surface area (Å²) in [6.07, 6.45) is 3.92. The summed E-state index contributed by atoms with van der Waals surface area (Å²) in [6.45, 7) is 3.26. The van der Waals surface area contributed by atoms with E-state index in [1.807, 2.05) is 0 Å². The second kappa shape index (κ2) is 6.02. The number of carbonyl (C=O) groups is 1. The minimum atomic E-state index is -0.295. The van der Waals surface area contributed by atoms with Gasteiger partial charge >= 0.3 is 0 Å². The Morgan fingerprint density at radius 2 is 2.17 bits per heavy atom. The Bertz CT molecular complexity index is 724. The minimum Gasteiger partial charge on any atom is -0.347 e. The monoisotopic (exact) mass is 331 g/mol. The van der Waals surface area contributed by atoms with Gasteiger partial charge in [-0.05, 0) is 44.0 Å². The third kappa shape index (κ3) is 3.01. The molecule has 0 radical (unpaired) electrons. The number of piperidine rings is 3. The van der Waals surface area contributed by atoms with Gasteiger partial charge in [-0.25, -0.2) is 9.37 Å². The van der Waals surface area contributed by atoms with E-state index in [0.29, 0.717) is 21.4 Å². The van der Waals surface area contributed by atoms with Crippen molar-refractivity contribution in [3.8, 4) is 10.6 Å². The average molecular weight is 331 g/mol. The lowest BCUT2D eigenvalue weighted by Gasteiger charge is -2.44. The molecule has 3 aliphatic heterocycles. The molecule has 1 amide bonds. The highest BCUT2D eigenvalue weighted by atomic mass is 32.1. The SMILES string of the molecule is O=C(NC1CN2CCC1CC2)c1cnc(-c2cccc(F)c2)s1. The van der Waals surface area contributed by atoms with Crippen molar-refractivity contribution < 1.29 is 9.18 Å². The Morgan fingerprint density at radius 3 is 2.87 bits per heavy atom. The Hall–Kier alpha value is -1.79. The van der Waals surface area contributed by atoms with Crippen LogP contribution in [0, 0.1) is 11.7 Å². The maximum Gasteiger partial charge on any atom is 0.263 e. The zero-order chi connectivity index (χ0) is 15.8. The first-order valence-electron chi connectivity index (χ1n) is 7.94. The number of nitrogens with one attached hydrogen (secondary N) is 1. The fourth-order valence-electron chi connectivity index (χ4n) is 3.50. The van der Waals surface area contributed by atoms with Gasteiger partial charge in [0.15, 0.2) is 0 Å². The molecular formula is C17H18FN3OS. The van der Waals surface area contributed by atoms with E-state index in [1.165, 1.54) is 36.3 Å². The topological polar surface area (TPSA) is 45.2 Å². The zero-order valence-corrected chi connectivity index (χ0v) is 13.5. The van der Waals surface area contributed by atoms with Gasteiger partial charge in [0.1, 0.15) is 15.7 Å². The van der Waals surface area contributed by atoms with Crippen LogP contribution < -0.4 is 5.32 Å². The van der Waals surface area contributed by atoms with Gasteiger partial charge < -0.3 is 10.2 Å². The molecule has 0 aliphatic carbocycles. The molecule has 2 aromatic rings. The second-order valence-corrected chi connectivity index (χ2v) is 7.29. The number of benzene rings is 1. The maximum atomic E-state index is 13.3. The van der Waals surface area contributed by atoms with Gasteiger partial charge in [-0.3, -0.25) is 4.79 Å². The molecule has 2 bridgehead atoms. The van der Waals surface area contributed by atoms with Gasteiger partial charge in [0.2, 0.25) is 0 Å². The summed E-state index contributed by atoms with van der Waals surface area (Å²) in [5.74, 6) is 0.236. The average Bonchev–Trinajstić information content (AvgIpc) is 3.06. The van der Waals surface area contributed by atoms with Gasteiger partial charge in [-0.15, -0.1) is 11.3 Å². The summed E-state index contributed by atoms with van der Waals surface area (Å²) in [4.78, 5) is 19.7. The quantitative estimate of drug-likeness (QED) is 0.941. The van der Waals surface area contributed by atoms with Crippen molar-refractivity contribution in [1.29, 1.82) is 0 Å². The zero-order valence-electron chi connectivity index (χ0n) is 12.7. The fraction of sp³-hybridized carbons (Fsp3) is 0.412. The highest BCUT2D eigenvalue weighted by Crippen LogP contribution is 2.29. The first-order chi connectivity index (χ1) is 11.2. The molecule has 1 atom stereocenters. The Balaban J connectivity index is 1.47. The number of fused-ring (bicyclic) bond motifs is 3. The molecule has 4 nitrogen and oxygen atoms in total. The van der Waals surface area contributed by atoms with Crippen molar-refractivity contribution in [3.63, 3.8) is 0 Å². The number of nitrogens with zero attached hydrogens (tertiary/aromatic N) is 2. The molecule has 3 fully saturated rings. The molecule has 6 heteroatoms. The van der Waals surface area contributed by atoms with Gasteiger partial charge in [0.05, 0.1) is 6.20 Å². The number of aromatic nitrogens is 1. The highest BCUT2D eigenvalue weighted by Gasteiger charge is 2.35. The van der Waals surface area contributed by atoms with Gasteiger partial charge in [0.25, 0.3) is 5.91 Å². The minimum absolute atomic E-state index is 0.0658. The van der Waals surface area contributed by atoms with E-state index in [1.54, 1.807) is 18.3 Å². The summed E-state index contributed by atoms with van der Waals surface area (Å²) in [5.41, 5.74) is 0.705. The highest BCUT2D eigenvalue weighted by molar-refractivity contribution is 7.16. The Labute approximate surface area is 138 Å². The van der Waals surface area contributed by atoms with Crippen LogP contribution in [0.15, 0.2) is 30.5 Å². The molecule has 0 spiro atoms. The van der Waals surface area contributed by atoms with Gasteiger partial charge in [-0.2, -0.15) is 0 Å². The van der Waals surface area contributed by atoms with E-state index in [9.17, 15) is 9.18 Å². The van der Waals surface area contributed by atoms with Crippen LogP contribution in [0.25, 0.3) is 10.6 Å².